The van der Waals surface area contributed by atoms with E-state index in [1.54, 1.807) is 62.2 Å². The monoisotopic (exact) mass is 438 g/mol. The van der Waals surface area contributed by atoms with Crippen LogP contribution >= 0.6 is 0 Å². The Kier molecular flexibility index (Phi) is 6.82. The third kappa shape index (κ3) is 4.30. The van der Waals surface area contributed by atoms with Gasteiger partial charge < -0.3 is 19.3 Å². The molecule has 0 atom stereocenters. The minimum Gasteiger partial charge on any atom is -0.496 e. The van der Waals surface area contributed by atoms with Gasteiger partial charge in [0.2, 0.25) is 0 Å². The molecule has 0 spiro atoms. The lowest BCUT2D eigenvalue weighted by Crippen LogP contribution is -2.10. The van der Waals surface area contributed by atoms with Crippen LogP contribution in [0.4, 0.5) is 0 Å². The van der Waals surface area contributed by atoms with Crippen molar-refractivity contribution in [2.24, 2.45) is 0 Å². The number of esters is 1. The summed E-state index contributed by atoms with van der Waals surface area (Å²) in [5.74, 6) is -0.511. The molecule has 0 bridgehead atoms. The number of nitrogens with zero attached hydrogens (tertiary/aromatic N) is 2. The van der Waals surface area contributed by atoms with E-state index in [9.17, 15) is 14.7 Å². The smallest absolute Gasteiger partial charge is 0.358 e. The SMILES string of the molecule is CCOC(=O)c1cc(-c2c(OC)cccc2OC)n(-c2ccc(C(=O)O)cc2C(C)C)n1. The summed E-state index contributed by atoms with van der Waals surface area (Å²) in [4.78, 5) is 24.0. The molecule has 1 heterocycles. The van der Waals surface area contributed by atoms with Crippen LogP contribution in [0.1, 0.15) is 53.1 Å². The molecule has 0 unspecified atom stereocenters. The van der Waals surface area contributed by atoms with Crippen molar-refractivity contribution in [2.45, 2.75) is 26.7 Å². The lowest BCUT2D eigenvalue weighted by Gasteiger charge is -2.18. The molecule has 0 amide bonds. The van der Waals surface area contributed by atoms with E-state index < -0.39 is 11.9 Å². The standard InChI is InChI=1S/C24H26N2O6/c1-6-32-24(29)17-13-19(22-20(30-4)8-7-9-21(22)31-5)26(25-17)18-11-10-15(23(27)28)12-16(18)14(2)3/h7-14H,6H2,1-5H3,(H,27,28). The molecule has 8 heteroatoms. The van der Waals surface area contributed by atoms with Gasteiger partial charge in [0.1, 0.15) is 11.5 Å². The van der Waals surface area contributed by atoms with Gasteiger partial charge in [-0.15, -0.1) is 0 Å². The Morgan fingerprint density at radius 2 is 1.72 bits per heavy atom. The molecule has 3 rings (SSSR count). The van der Waals surface area contributed by atoms with E-state index >= 15 is 0 Å². The predicted molar refractivity (Wildman–Crippen MR) is 119 cm³/mol. The van der Waals surface area contributed by atoms with Crippen LogP contribution in [-0.4, -0.2) is 47.7 Å². The summed E-state index contributed by atoms with van der Waals surface area (Å²) in [5.41, 5.74) is 2.85. The second-order valence-electron chi connectivity index (χ2n) is 7.32. The van der Waals surface area contributed by atoms with Gasteiger partial charge in [-0.3, -0.25) is 0 Å². The summed E-state index contributed by atoms with van der Waals surface area (Å²) in [6, 6.07) is 11.8. The maximum absolute atomic E-state index is 12.5. The van der Waals surface area contributed by atoms with Crippen LogP contribution in [0.25, 0.3) is 16.9 Å². The fourth-order valence-corrected chi connectivity index (χ4v) is 3.49. The van der Waals surface area contributed by atoms with Gasteiger partial charge in [-0.2, -0.15) is 5.10 Å². The number of benzene rings is 2. The lowest BCUT2D eigenvalue weighted by atomic mass is 9.98. The molecule has 32 heavy (non-hydrogen) atoms. The number of aromatic nitrogens is 2. The Morgan fingerprint density at radius 1 is 1.06 bits per heavy atom. The molecule has 0 aliphatic heterocycles. The van der Waals surface area contributed by atoms with Crippen LogP contribution in [0.2, 0.25) is 0 Å². The third-order valence-corrected chi connectivity index (χ3v) is 5.00. The Labute approximate surface area is 186 Å². The summed E-state index contributed by atoms with van der Waals surface area (Å²) in [7, 11) is 3.10. The Hall–Kier alpha value is -3.81. The third-order valence-electron chi connectivity index (χ3n) is 5.00. The van der Waals surface area contributed by atoms with Crippen molar-refractivity contribution in [1.82, 2.24) is 9.78 Å². The van der Waals surface area contributed by atoms with Crippen LogP contribution in [0, 0.1) is 0 Å². The molecule has 1 aromatic heterocycles. The zero-order valence-electron chi connectivity index (χ0n) is 18.7. The van der Waals surface area contributed by atoms with E-state index in [0.29, 0.717) is 28.4 Å². The van der Waals surface area contributed by atoms with Crippen molar-refractivity contribution in [3.8, 4) is 28.4 Å². The summed E-state index contributed by atoms with van der Waals surface area (Å²) in [5, 5.41) is 14.0. The number of hydrogen-bond donors (Lipinski definition) is 1. The maximum Gasteiger partial charge on any atom is 0.358 e. The van der Waals surface area contributed by atoms with Crippen LogP contribution in [0.15, 0.2) is 42.5 Å². The van der Waals surface area contributed by atoms with Crippen LogP contribution in [0.3, 0.4) is 0 Å². The highest BCUT2D eigenvalue weighted by Gasteiger charge is 2.24. The first-order valence-electron chi connectivity index (χ1n) is 10.2. The highest BCUT2D eigenvalue weighted by Crippen LogP contribution is 2.40. The van der Waals surface area contributed by atoms with Crippen LogP contribution in [-0.2, 0) is 4.74 Å². The summed E-state index contributed by atoms with van der Waals surface area (Å²) >= 11 is 0. The van der Waals surface area contributed by atoms with E-state index in [0.717, 1.165) is 5.56 Å². The zero-order valence-corrected chi connectivity index (χ0v) is 18.7. The average Bonchev–Trinajstić information content (AvgIpc) is 3.23. The van der Waals surface area contributed by atoms with Gasteiger partial charge in [0, 0.05) is 0 Å². The van der Waals surface area contributed by atoms with Crippen molar-refractivity contribution in [3.63, 3.8) is 0 Å². The fourth-order valence-electron chi connectivity index (χ4n) is 3.49. The molecule has 3 aromatic rings. The second kappa shape index (κ2) is 9.55. The minimum atomic E-state index is -1.02. The lowest BCUT2D eigenvalue weighted by molar-refractivity contribution is 0.0518. The van der Waals surface area contributed by atoms with Gasteiger partial charge in [-0.05, 0) is 54.8 Å². The molecular weight excluding hydrogens is 412 g/mol. The van der Waals surface area contributed by atoms with Crippen molar-refractivity contribution < 1.29 is 28.9 Å². The van der Waals surface area contributed by atoms with Gasteiger partial charge in [-0.25, -0.2) is 14.3 Å². The number of methoxy groups -OCH3 is 2. The summed E-state index contributed by atoms with van der Waals surface area (Å²) in [6.45, 7) is 5.86. The second-order valence-corrected chi connectivity index (χ2v) is 7.32. The number of carboxylic acids is 1. The van der Waals surface area contributed by atoms with E-state index in [-0.39, 0.29) is 23.8 Å². The van der Waals surface area contributed by atoms with Gasteiger partial charge in [0.05, 0.1) is 43.3 Å². The van der Waals surface area contributed by atoms with E-state index in [1.165, 1.54) is 6.07 Å². The summed E-state index contributed by atoms with van der Waals surface area (Å²) < 4.78 is 17.9. The summed E-state index contributed by atoms with van der Waals surface area (Å²) in [6.07, 6.45) is 0. The normalized spacial score (nSPS) is 10.8. The average molecular weight is 438 g/mol. The van der Waals surface area contributed by atoms with E-state index in [1.807, 2.05) is 13.8 Å². The number of carbonyl (C=O) groups is 2. The van der Waals surface area contributed by atoms with Crippen molar-refractivity contribution >= 4 is 11.9 Å². The maximum atomic E-state index is 12.5. The van der Waals surface area contributed by atoms with Gasteiger partial charge >= 0.3 is 11.9 Å². The number of carboxylic acid groups (broad SMARTS) is 1. The first kappa shape index (κ1) is 22.9. The van der Waals surface area contributed by atoms with Crippen LogP contribution in [0.5, 0.6) is 11.5 Å². The van der Waals surface area contributed by atoms with Gasteiger partial charge in [0.15, 0.2) is 5.69 Å². The number of ether oxygens (including phenoxy) is 3. The highest BCUT2D eigenvalue weighted by molar-refractivity contribution is 5.91. The largest absolute Gasteiger partial charge is 0.496 e. The van der Waals surface area contributed by atoms with Crippen molar-refractivity contribution in [2.75, 3.05) is 20.8 Å². The molecule has 1 N–H and O–H groups in total. The fraction of sp³-hybridized carbons (Fsp3) is 0.292. The number of carbonyl (C=O) groups excluding carboxylic acids is 1. The molecule has 168 valence electrons. The minimum absolute atomic E-state index is 0.00745. The van der Waals surface area contributed by atoms with E-state index in [4.69, 9.17) is 14.2 Å². The predicted octanol–water partition coefficient (Wildman–Crippen LogP) is 4.55. The molecule has 0 saturated carbocycles. The molecule has 0 aliphatic carbocycles. The van der Waals surface area contributed by atoms with Gasteiger partial charge in [-0.1, -0.05) is 19.9 Å². The van der Waals surface area contributed by atoms with Crippen LogP contribution < -0.4 is 9.47 Å². The quantitative estimate of drug-likeness (QED) is 0.515. The molecule has 0 fully saturated rings. The molecule has 2 aromatic carbocycles. The molecule has 0 radical (unpaired) electrons. The van der Waals surface area contributed by atoms with E-state index in [2.05, 4.69) is 5.10 Å². The topological polar surface area (TPSA) is 99.9 Å². The van der Waals surface area contributed by atoms with Crippen molar-refractivity contribution in [1.29, 1.82) is 0 Å². The first-order chi connectivity index (χ1) is 15.3. The van der Waals surface area contributed by atoms with Crippen molar-refractivity contribution in [3.05, 3.63) is 59.3 Å². The number of hydrogen-bond acceptors (Lipinski definition) is 6. The Balaban J connectivity index is 2.35. The number of rotatable bonds is 8. The first-order valence-corrected chi connectivity index (χ1v) is 10.2. The van der Waals surface area contributed by atoms with Gasteiger partial charge in [0.25, 0.3) is 0 Å². The Morgan fingerprint density at radius 3 is 2.25 bits per heavy atom. The number of aromatic carboxylic acids is 1. The Bertz CT molecular complexity index is 1130. The highest BCUT2D eigenvalue weighted by atomic mass is 16.5. The molecular formula is C24H26N2O6. The molecule has 8 nitrogen and oxygen atoms in total. The molecule has 0 saturated heterocycles. The zero-order chi connectivity index (χ0) is 23.4. The molecule has 0 aliphatic rings.